The Hall–Kier alpha value is -0.150. The molecule has 1 fully saturated rings. The molecule has 2 nitrogen and oxygen atoms in total. The van der Waals surface area contributed by atoms with Crippen molar-refractivity contribution in [1.82, 2.24) is 0 Å². The lowest BCUT2D eigenvalue weighted by molar-refractivity contribution is 0.0898. The first-order valence-electron chi connectivity index (χ1n) is 5.00. The smallest absolute Gasteiger partial charge is 0.122 e. The summed E-state index contributed by atoms with van der Waals surface area (Å²) in [6.45, 7) is 0.778. The van der Waals surface area contributed by atoms with Gasteiger partial charge >= 0.3 is 0 Å². The third kappa shape index (κ3) is 2.20. The van der Waals surface area contributed by atoms with Gasteiger partial charge in [0.2, 0.25) is 0 Å². The highest BCUT2D eigenvalue weighted by molar-refractivity contribution is 8.00. The van der Waals surface area contributed by atoms with Crippen LogP contribution in [0.3, 0.4) is 0 Å². The van der Waals surface area contributed by atoms with Gasteiger partial charge in [-0.25, -0.2) is 0 Å². The molecular weight excluding hydrogens is 184 g/mol. The van der Waals surface area contributed by atoms with Crippen LogP contribution in [0.2, 0.25) is 0 Å². The molecular formula is C10H16O2S. The molecule has 0 aromatic heterocycles. The molecule has 0 aromatic rings. The van der Waals surface area contributed by atoms with Crippen molar-refractivity contribution in [2.45, 2.75) is 37.0 Å². The van der Waals surface area contributed by atoms with Crippen molar-refractivity contribution in [2.75, 3.05) is 12.4 Å². The molecule has 0 spiro atoms. The normalized spacial score (nSPS) is 30.8. The zero-order valence-electron chi connectivity index (χ0n) is 7.74. The number of aliphatic hydroxyl groups excluding tert-OH is 1. The molecule has 1 N–H and O–H groups in total. The Morgan fingerprint density at radius 1 is 1.54 bits per heavy atom. The second-order valence-corrected chi connectivity index (χ2v) is 4.94. The minimum atomic E-state index is -0.354. The minimum absolute atomic E-state index is 0.354. The van der Waals surface area contributed by atoms with Crippen LogP contribution in [0.4, 0.5) is 0 Å². The van der Waals surface area contributed by atoms with Gasteiger partial charge in [0.1, 0.15) is 11.9 Å². The standard InChI is InChI=1S/C10H16O2S/c11-10(9-5-3-7-13-9)8-4-1-2-6-12-8/h4,9-11H,1-3,5-7H2. The van der Waals surface area contributed by atoms with E-state index in [1.165, 1.54) is 12.2 Å². The molecule has 2 unspecified atom stereocenters. The molecule has 2 atom stereocenters. The molecule has 0 aliphatic carbocycles. The number of rotatable bonds is 2. The number of hydrogen-bond acceptors (Lipinski definition) is 3. The fraction of sp³-hybridized carbons (Fsp3) is 0.800. The highest BCUT2D eigenvalue weighted by atomic mass is 32.2. The Balaban J connectivity index is 1.94. The molecule has 0 saturated carbocycles. The van der Waals surface area contributed by atoms with Crippen molar-refractivity contribution in [3.63, 3.8) is 0 Å². The maximum Gasteiger partial charge on any atom is 0.122 e. The van der Waals surface area contributed by atoms with Crippen LogP contribution in [-0.4, -0.2) is 28.8 Å². The van der Waals surface area contributed by atoms with Gasteiger partial charge in [0.05, 0.1) is 6.61 Å². The Morgan fingerprint density at radius 3 is 3.08 bits per heavy atom. The Kier molecular flexibility index (Phi) is 3.17. The average molecular weight is 200 g/mol. The van der Waals surface area contributed by atoms with Crippen molar-refractivity contribution in [3.8, 4) is 0 Å². The van der Waals surface area contributed by atoms with Gasteiger partial charge in [-0.2, -0.15) is 11.8 Å². The number of aliphatic hydroxyl groups is 1. The molecule has 74 valence electrons. The van der Waals surface area contributed by atoms with Crippen LogP contribution in [0.25, 0.3) is 0 Å². The van der Waals surface area contributed by atoms with Gasteiger partial charge in [-0.05, 0) is 37.5 Å². The lowest BCUT2D eigenvalue weighted by Gasteiger charge is -2.23. The molecule has 0 bridgehead atoms. The molecule has 13 heavy (non-hydrogen) atoms. The van der Waals surface area contributed by atoms with E-state index in [0.717, 1.165) is 31.6 Å². The largest absolute Gasteiger partial charge is 0.495 e. The van der Waals surface area contributed by atoms with Crippen LogP contribution in [0.5, 0.6) is 0 Å². The van der Waals surface area contributed by atoms with Gasteiger partial charge < -0.3 is 9.84 Å². The first-order valence-corrected chi connectivity index (χ1v) is 6.05. The number of ether oxygens (including phenoxy) is 1. The summed E-state index contributed by atoms with van der Waals surface area (Å²) in [6.07, 6.45) is 6.21. The predicted octanol–water partition coefficient (Wildman–Crippen LogP) is 1.94. The van der Waals surface area contributed by atoms with E-state index in [1.54, 1.807) is 0 Å². The highest BCUT2D eigenvalue weighted by Crippen LogP contribution is 2.32. The summed E-state index contributed by atoms with van der Waals surface area (Å²) in [6, 6.07) is 0. The SMILES string of the molecule is OC(C1=CCCCO1)C1CCCS1. The van der Waals surface area contributed by atoms with Crippen LogP contribution in [-0.2, 0) is 4.74 Å². The summed E-state index contributed by atoms with van der Waals surface area (Å²) in [4.78, 5) is 0. The van der Waals surface area contributed by atoms with Gasteiger partial charge in [0.15, 0.2) is 0 Å². The van der Waals surface area contributed by atoms with Gasteiger partial charge in [-0.3, -0.25) is 0 Å². The summed E-state index contributed by atoms with van der Waals surface area (Å²) in [7, 11) is 0. The van der Waals surface area contributed by atoms with E-state index in [1.807, 2.05) is 17.8 Å². The zero-order chi connectivity index (χ0) is 9.10. The van der Waals surface area contributed by atoms with Gasteiger partial charge in [-0.1, -0.05) is 0 Å². The molecule has 0 radical (unpaired) electrons. The maximum absolute atomic E-state index is 9.96. The number of thioether (sulfide) groups is 1. The molecule has 2 rings (SSSR count). The molecule has 0 aromatic carbocycles. The zero-order valence-corrected chi connectivity index (χ0v) is 8.55. The summed E-state index contributed by atoms with van der Waals surface area (Å²) in [5, 5.41) is 10.3. The van der Waals surface area contributed by atoms with Gasteiger partial charge in [-0.15, -0.1) is 0 Å². The first kappa shape index (κ1) is 9.41. The van der Waals surface area contributed by atoms with Crippen molar-refractivity contribution < 1.29 is 9.84 Å². The van der Waals surface area contributed by atoms with Crippen molar-refractivity contribution in [3.05, 3.63) is 11.8 Å². The fourth-order valence-corrected chi connectivity index (χ4v) is 3.10. The average Bonchev–Trinajstić information content (AvgIpc) is 2.71. The van der Waals surface area contributed by atoms with Crippen LogP contribution in [0.1, 0.15) is 25.7 Å². The monoisotopic (exact) mass is 200 g/mol. The van der Waals surface area contributed by atoms with E-state index in [-0.39, 0.29) is 6.10 Å². The van der Waals surface area contributed by atoms with E-state index in [0.29, 0.717) is 5.25 Å². The maximum atomic E-state index is 9.96. The highest BCUT2D eigenvalue weighted by Gasteiger charge is 2.28. The van der Waals surface area contributed by atoms with Gasteiger partial charge in [0.25, 0.3) is 0 Å². The van der Waals surface area contributed by atoms with Crippen molar-refractivity contribution in [2.24, 2.45) is 0 Å². The van der Waals surface area contributed by atoms with E-state index < -0.39 is 0 Å². The van der Waals surface area contributed by atoms with E-state index in [9.17, 15) is 5.11 Å². The van der Waals surface area contributed by atoms with Crippen LogP contribution < -0.4 is 0 Å². The van der Waals surface area contributed by atoms with E-state index >= 15 is 0 Å². The van der Waals surface area contributed by atoms with E-state index in [2.05, 4.69) is 0 Å². The second-order valence-electron chi connectivity index (χ2n) is 3.59. The second kappa shape index (κ2) is 4.38. The Morgan fingerprint density at radius 2 is 2.46 bits per heavy atom. The summed E-state index contributed by atoms with van der Waals surface area (Å²) >= 11 is 1.87. The summed E-state index contributed by atoms with van der Waals surface area (Å²) in [5.74, 6) is 2.01. The van der Waals surface area contributed by atoms with Crippen molar-refractivity contribution >= 4 is 11.8 Å². The molecule has 2 aliphatic heterocycles. The van der Waals surface area contributed by atoms with Crippen LogP contribution in [0, 0.1) is 0 Å². The quantitative estimate of drug-likeness (QED) is 0.738. The third-order valence-corrected chi connectivity index (χ3v) is 4.02. The minimum Gasteiger partial charge on any atom is -0.495 e. The predicted molar refractivity (Wildman–Crippen MR) is 54.8 cm³/mol. The Labute approximate surface area is 83.4 Å². The topological polar surface area (TPSA) is 29.5 Å². The molecule has 2 aliphatic rings. The summed E-state index contributed by atoms with van der Waals surface area (Å²) in [5.41, 5.74) is 0. The number of hydrogen-bond donors (Lipinski definition) is 1. The third-order valence-electron chi connectivity index (χ3n) is 2.57. The molecule has 1 saturated heterocycles. The molecule has 3 heteroatoms. The van der Waals surface area contributed by atoms with Crippen LogP contribution in [0.15, 0.2) is 11.8 Å². The molecule has 2 heterocycles. The van der Waals surface area contributed by atoms with Gasteiger partial charge in [0, 0.05) is 5.25 Å². The van der Waals surface area contributed by atoms with Crippen molar-refractivity contribution in [1.29, 1.82) is 0 Å². The lowest BCUT2D eigenvalue weighted by atomic mass is 10.1. The van der Waals surface area contributed by atoms with Crippen LogP contribution >= 0.6 is 11.8 Å². The van der Waals surface area contributed by atoms with E-state index in [4.69, 9.17) is 4.74 Å². The number of allylic oxidation sites excluding steroid dienone is 1. The Bertz CT molecular complexity index is 197. The fourth-order valence-electron chi connectivity index (χ4n) is 1.82. The molecule has 0 amide bonds. The lowest BCUT2D eigenvalue weighted by Crippen LogP contribution is -2.26. The summed E-state index contributed by atoms with van der Waals surface area (Å²) < 4.78 is 5.45. The first-order chi connectivity index (χ1) is 6.38.